The van der Waals surface area contributed by atoms with Crippen LogP contribution in [0.25, 0.3) is 16.6 Å². The number of anilines is 2. The topological polar surface area (TPSA) is 107 Å². The van der Waals surface area contributed by atoms with Crippen LogP contribution in [-0.2, 0) is 33.8 Å². The molecule has 280 valence electrons. The smallest absolute Gasteiger partial charge is 0.278 e. The molecule has 1 aromatic heterocycles. The number of aromatic nitrogens is 2. The Morgan fingerprint density at radius 1 is 1.09 bits per heavy atom. The van der Waals surface area contributed by atoms with Crippen LogP contribution < -0.4 is 20.1 Å². The molecule has 5 aliphatic rings. The molecule has 1 saturated heterocycles. The van der Waals surface area contributed by atoms with E-state index in [0.717, 1.165) is 83.6 Å². The molecule has 5 aromatic rings. The maximum Gasteiger partial charge on any atom is 0.278 e. The number of hydrogen-bond donors (Lipinski definition) is 2. The standard InChI is InChI=1S/C43H39ClFN5O5/c1-24-18-28(21-32-38(24)48-41(52)43(32)13-14-43)46-40(51)26-6-9-35-34(19-26)47-37(50(35)22-29-12-17-53-29)23-49-15-10-25(11-16-49)30-4-3-5-36-39(30)55-42(2,54-36)31-8-7-27(44)20-33(31)45/h3-10,18-21,29H,11-17,22-23H2,1-2H3,(H,46,51)(H,48,52)/t29-,42?/m0/s1. The zero-order chi connectivity index (χ0) is 37.6. The highest BCUT2D eigenvalue weighted by molar-refractivity contribution is 6.30. The lowest BCUT2D eigenvalue weighted by Gasteiger charge is -2.29. The Hall–Kier alpha value is -5.23. The maximum atomic E-state index is 15.0. The number of amides is 2. The van der Waals surface area contributed by atoms with Crippen molar-refractivity contribution in [1.29, 1.82) is 0 Å². The lowest BCUT2D eigenvalue weighted by atomic mass is 9.95. The van der Waals surface area contributed by atoms with E-state index in [0.29, 0.717) is 47.4 Å². The quantitative estimate of drug-likeness (QED) is 0.165. The van der Waals surface area contributed by atoms with Gasteiger partial charge in [-0.05, 0) is 104 Å². The predicted molar refractivity (Wildman–Crippen MR) is 207 cm³/mol. The Labute approximate surface area is 322 Å². The summed E-state index contributed by atoms with van der Waals surface area (Å²) in [5, 5.41) is 6.42. The first kappa shape index (κ1) is 34.3. The summed E-state index contributed by atoms with van der Waals surface area (Å²) in [5.74, 6) is 0.111. The monoisotopic (exact) mass is 759 g/mol. The number of halogens is 2. The van der Waals surface area contributed by atoms with Crippen LogP contribution in [0.2, 0.25) is 5.02 Å². The fraction of sp³-hybridized carbons (Fsp3) is 0.326. The van der Waals surface area contributed by atoms with Crippen LogP contribution in [0.3, 0.4) is 0 Å². The molecule has 10 nitrogen and oxygen atoms in total. The summed E-state index contributed by atoms with van der Waals surface area (Å²) in [5.41, 5.74) is 7.61. The first-order chi connectivity index (χ1) is 26.6. The minimum Gasteiger partial charge on any atom is -0.444 e. The number of nitrogens with one attached hydrogen (secondary N) is 2. The molecule has 0 bridgehead atoms. The van der Waals surface area contributed by atoms with Gasteiger partial charge < -0.3 is 29.4 Å². The highest BCUT2D eigenvalue weighted by Crippen LogP contribution is 2.56. The van der Waals surface area contributed by atoms with Gasteiger partial charge in [-0.1, -0.05) is 29.8 Å². The fourth-order valence-corrected chi connectivity index (χ4v) is 8.67. The lowest BCUT2D eigenvalue weighted by Crippen LogP contribution is -2.33. The Morgan fingerprint density at radius 3 is 2.69 bits per heavy atom. The van der Waals surface area contributed by atoms with Crippen LogP contribution in [0, 0.1) is 12.7 Å². The largest absolute Gasteiger partial charge is 0.444 e. The van der Waals surface area contributed by atoms with Gasteiger partial charge in [-0.15, -0.1) is 0 Å². The minimum atomic E-state index is -1.32. The molecule has 4 aromatic carbocycles. The Kier molecular flexibility index (Phi) is 7.89. The van der Waals surface area contributed by atoms with Crippen LogP contribution in [0.5, 0.6) is 11.5 Å². The highest BCUT2D eigenvalue weighted by atomic mass is 35.5. The van der Waals surface area contributed by atoms with Crippen molar-refractivity contribution in [2.24, 2.45) is 0 Å². The SMILES string of the molecule is Cc1cc(NC(=O)c2ccc3c(c2)nc(CN2CC=C(c4cccc5c4OC(C)(c4ccc(Cl)cc4F)O5)CC2)n3C[C@@H]2CCO2)cc2c1NC(=O)C21CC1. The number of carbonyl (C=O) groups is 2. The Balaban J connectivity index is 0.876. The maximum absolute atomic E-state index is 15.0. The van der Waals surface area contributed by atoms with E-state index in [1.807, 2.05) is 55.5 Å². The van der Waals surface area contributed by atoms with Crippen LogP contribution in [-0.4, -0.2) is 52.1 Å². The van der Waals surface area contributed by atoms with Gasteiger partial charge in [0.05, 0.1) is 41.2 Å². The van der Waals surface area contributed by atoms with Crippen molar-refractivity contribution in [2.45, 2.75) is 69.9 Å². The molecular weight excluding hydrogens is 721 g/mol. The number of hydrogen-bond acceptors (Lipinski definition) is 7. The van der Waals surface area contributed by atoms with Crippen LogP contribution in [0.15, 0.2) is 72.8 Å². The van der Waals surface area contributed by atoms with Gasteiger partial charge in [-0.25, -0.2) is 9.37 Å². The van der Waals surface area contributed by atoms with Crippen molar-refractivity contribution in [2.75, 3.05) is 30.3 Å². The summed E-state index contributed by atoms with van der Waals surface area (Å²) in [6, 6.07) is 19.8. The molecule has 2 fully saturated rings. The zero-order valence-electron chi connectivity index (χ0n) is 30.5. The van der Waals surface area contributed by atoms with Gasteiger partial charge >= 0.3 is 0 Å². The molecule has 1 unspecified atom stereocenters. The van der Waals surface area contributed by atoms with Crippen molar-refractivity contribution in [3.8, 4) is 11.5 Å². The fourth-order valence-electron chi connectivity index (χ4n) is 8.51. The third-order valence-corrected chi connectivity index (χ3v) is 12.0. The third-order valence-electron chi connectivity index (χ3n) is 11.8. The summed E-state index contributed by atoms with van der Waals surface area (Å²) in [7, 11) is 0. The summed E-state index contributed by atoms with van der Waals surface area (Å²) in [6.45, 7) is 7.23. The molecule has 1 aliphatic carbocycles. The van der Waals surface area contributed by atoms with E-state index in [9.17, 15) is 14.0 Å². The number of carbonyl (C=O) groups excluding carboxylic acids is 2. The molecule has 5 heterocycles. The van der Waals surface area contributed by atoms with E-state index >= 15 is 0 Å². The molecule has 55 heavy (non-hydrogen) atoms. The van der Waals surface area contributed by atoms with E-state index in [2.05, 4.69) is 26.2 Å². The zero-order valence-corrected chi connectivity index (χ0v) is 31.3. The van der Waals surface area contributed by atoms with Crippen molar-refractivity contribution < 1.29 is 28.2 Å². The molecule has 2 atom stereocenters. The van der Waals surface area contributed by atoms with Gasteiger partial charge in [-0.2, -0.15) is 0 Å². The summed E-state index contributed by atoms with van der Waals surface area (Å²) in [4.78, 5) is 33.7. The molecule has 4 aliphatic heterocycles. The number of rotatable bonds is 8. The van der Waals surface area contributed by atoms with Gasteiger partial charge in [0.2, 0.25) is 5.91 Å². The van der Waals surface area contributed by atoms with Gasteiger partial charge in [0.1, 0.15) is 11.6 Å². The summed E-state index contributed by atoms with van der Waals surface area (Å²) >= 11 is 6.01. The van der Waals surface area contributed by atoms with Gasteiger partial charge in [0.25, 0.3) is 11.7 Å². The van der Waals surface area contributed by atoms with E-state index in [1.165, 1.54) is 6.07 Å². The summed E-state index contributed by atoms with van der Waals surface area (Å²) in [6.07, 6.45) is 5.77. The van der Waals surface area contributed by atoms with Gasteiger partial charge in [0.15, 0.2) is 11.5 Å². The molecular formula is C43H39ClFN5O5. The lowest BCUT2D eigenvalue weighted by molar-refractivity contribution is -0.117. The van der Waals surface area contributed by atoms with Gasteiger partial charge in [0, 0.05) is 54.1 Å². The van der Waals surface area contributed by atoms with Crippen molar-refractivity contribution in [1.82, 2.24) is 14.5 Å². The van der Waals surface area contributed by atoms with Crippen molar-refractivity contribution >= 4 is 51.4 Å². The third kappa shape index (κ3) is 5.79. The number of fused-ring (bicyclic) bond motifs is 4. The van der Waals surface area contributed by atoms with Crippen molar-refractivity contribution in [3.05, 3.63) is 117 Å². The van der Waals surface area contributed by atoms with Gasteiger partial charge in [-0.3, -0.25) is 14.5 Å². The Bertz CT molecular complexity index is 2490. The number of para-hydroxylation sites is 1. The van der Waals surface area contributed by atoms with Crippen LogP contribution in [0.1, 0.15) is 71.0 Å². The number of benzene rings is 4. The number of ether oxygens (including phenoxy) is 3. The average molecular weight is 760 g/mol. The molecule has 0 radical (unpaired) electrons. The van der Waals surface area contributed by atoms with Crippen LogP contribution in [0.4, 0.5) is 15.8 Å². The molecule has 2 amide bonds. The summed E-state index contributed by atoms with van der Waals surface area (Å²) < 4.78 is 35.6. The first-order valence-corrected chi connectivity index (χ1v) is 19.2. The number of imidazole rings is 1. The molecule has 2 N–H and O–H groups in total. The van der Waals surface area contributed by atoms with E-state index in [-0.39, 0.29) is 23.5 Å². The highest BCUT2D eigenvalue weighted by Gasteiger charge is 2.56. The number of aryl methyl sites for hydroxylation is 1. The van der Waals surface area contributed by atoms with E-state index in [4.69, 9.17) is 30.8 Å². The molecule has 10 rings (SSSR count). The molecule has 12 heteroatoms. The second-order valence-corrected chi connectivity index (χ2v) is 15.9. The van der Waals surface area contributed by atoms with E-state index in [1.54, 1.807) is 19.1 Å². The molecule has 1 spiro atoms. The van der Waals surface area contributed by atoms with Crippen LogP contribution >= 0.6 is 11.6 Å². The van der Waals surface area contributed by atoms with Crippen molar-refractivity contribution in [3.63, 3.8) is 0 Å². The Morgan fingerprint density at radius 2 is 1.95 bits per heavy atom. The average Bonchev–Trinajstić information content (AvgIpc) is 3.68. The number of nitrogens with zero attached hydrogens (tertiary/aromatic N) is 3. The molecule has 1 saturated carbocycles. The predicted octanol–water partition coefficient (Wildman–Crippen LogP) is 8.10. The second-order valence-electron chi connectivity index (χ2n) is 15.5. The normalized spacial score (nSPS) is 22.0. The first-order valence-electron chi connectivity index (χ1n) is 18.8. The minimum absolute atomic E-state index is 0.0560. The second kappa shape index (κ2) is 12.7. The van der Waals surface area contributed by atoms with E-state index < -0.39 is 17.0 Å².